The molecule has 2 aromatic carbocycles. The molecule has 0 aliphatic rings. The lowest BCUT2D eigenvalue weighted by molar-refractivity contribution is 0.0953. The number of hydrogen-bond acceptors (Lipinski definition) is 5. The first-order valence-electron chi connectivity index (χ1n) is 9.79. The van der Waals surface area contributed by atoms with Crippen LogP contribution in [0.5, 0.6) is 5.75 Å². The fraction of sp³-hybridized carbons (Fsp3) is 0.174. The molecule has 0 unspecified atom stereocenters. The molecule has 2 heterocycles. The number of anilines is 2. The lowest BCUT2D eigenvalue weighted by atomic mass is 10.2. The second kappa shape index (κ2) is 9.09. The number of benzene rings is 2. The van der Waals surface area contributed by atoms with E-state index in [9.17, 15) is 4.79 Å². The van der Waals surface area contributed by atoms with E-state index in [4.69, 9.17) is 4.74 Å². The lowest BCUT2D eigenvalue weighted by Gasteiger charge is -2.13. The Morgan fingerprint density at radius 2 is 1.87 bits per heavy atom. The minimum atomic E-state index is -0.170. The van der Waals surface area contributed by atoms with Gasteiger partial charge in [-0.2, -0.15) is 0 Å². The number of aromatic nitrogens is 3. The molecule has 7 nitrogen and oxygen atoms in total. The third-order valence-electron chi connectivity index (χ3n) is 4.80. The van der Waals surface area contributed by atoms with Gasteiger partial charge in [-0.1, -0.05) is 24.3 Å². The molecule has 0 radical (unpaired) electrons. The third kappa shape index (κ3) is 4.25. The minimum absolute atomic E-state index is 0.170. The number of methoxy groups -OCH3 is 1. The molecule has 152 valence electrons. The fourth-order valence-corrected chi connectivity index (χ4v) is 3.30. The predicted octanol–water partition coefficient (Wildman–Crippen LogP) is 4.00. The minimum Gasteiger partial charge on any atom is -0.495 e. The number of nitrogens with zero attached hydrogens (tertiary/aromatic N) is 3. The monoisotopic (exact) mass is 401 g/mol. The van der Waals surface area contributed by atoms with Crippen LogP contribution in [0.25, 0.3) is 11.0 Å². The Kier molecular flexibility index (Phi) is 5.89. The second-order valence-corrected chi connectivity index (χ2v) is 6.76. The smallest absolute Gasteiger partial charge is 0.255 e. The number of rotatable bonds is 8. The van der Waals surface area contributed by atoms with E-state index in [2.05, 4.69) is 25.2 Å². The van der Waals surface area contributed by atoms with Crippen molar-refractivity contribution in [3.8, 4) is 5.75 Å². The summed E-state index contributed by atoms with van der Waals surface area (Å²) in [5, 5.41) is 6.18. The van der Waals surface area contributed by atoms with E-state index >= 15 is 0 Å². The number of ether oxygens (including phenoxy) is 1. The molecule has 0 saturated heterocycles. The summed E-state index contributed by atoms with van der Waals surface area (Å²) in [7, 11) is 1.61. The van der Waals surface area contributed by atoms with Crippen molar-refractivity contribution in [2.75, 3.05) is 19.0 Å². The molecule has 0 bridgehead atoms. The molecule has 1 amide bonds. The number of carbonyl (C=O) groups is 1. The Labute approximate surface area is 174 Å². The number of para-hydroxylation sites is 4. The highest BCUT2D eigenvalue weighted by atomic mass is 16.5. The van der Waals surface area contributed by atoms with Crippen molar-refractivity contribution in [2.45, 2.75) is 13.0 Å². The van der Waals surface area contributed by atoms with Crippen LogP contribution in [0.15, 0.2) is 73.2 Å². The van der Waals surface area contributed by atoms with E-state index < -0.39 is 0 Å². The third-order valence-corrected chi connectivity index (χ3v) is 4.80. The maximum absolute atomic E-state index is 12.7. The van der Waals surface area contributed by atoms with E-state index in [-0.39, 0.29) is 5.91 Å². The van der Waals surface area contributed by atoms with Crippen LogP contribution in [-0.2, 0) is 6.54 Å². The Morgan fingerprint density at radius 1 is 1.03 bits per heavy atom. The highest BCUT2D eigenvalue weighted by Crippen LogP contribution is 2.27. The Bertz CT molecular complexity index is 1160. The molecular weight excluding hydrogens is 378 g/mol. The zero-order valence-corrected chi connectivity index (χ0v) is 16.7. The molecule has 0 spiro atoms. The van der Waals surface area contributed by atoms with Crippen molar-refractivity contribution in [1.82, 2.24) is 19.9 Å². The van der Waals surface area contributed by atoms with E-state index in [0.29, 0.717) is 23.7 Å². The van der Waals surface area contributed by atoms with Crippen molar-refractivity contribution in [3.05, 3.63) is 78.8 Å². The van der Waals surface area contributed by atoms with Gasteiger partial charge in [-0.05, 0) is 42.8 Å². The van der Waals surface area contributed by atoms with Crippen LogP contribution in [0.1, 0.15) is 16.8 Å². The van der Waals surface area contributed by atoms with Crippen LogP contribution in [0, 0.1) is 0 Å². The SMILES string of the molecule is COc1ccccc1Nc1ncccc1C(=O)NCCCn1cnc2ccccc21. The lowest BCUT2D eigenvalue weighted by Crippen LogP contribution is -2.26. The highest BCUT2D eigenvalue weighted by Gasteiger charge is 2.13. The van der Waals surface area contributed by atoms with Crippen molar-refractivity contribution in [1.29, 1.82) is 0 Å². The fourth-order valence-electron chi connectivity index (χ4n) is 3.30. The number of carbonyl (C=O) groups excluding carboxylic acids is 1. The summed E-state index contributed by atoms with van der Waals surface area (Å²) in [4.78, 5) is 21.5. The van der Waals surface area contributed by atoms with E-state index in [1.807, 2.05) is 54.9 Å². The number of fused-ring (bicyclic) bond motifs is 1. The summed E-state index contributed by atoms with van der Waals surface area (Å²) in [6, 6.07) is 19.0. The topological polar surface area (TPSA) is 81.1 Å². The molecule has 0 aliphatic carbocycles. The van der Waals surface area contributed by atoms with Gasteiger partial charge < -0.3 is 19.9 Å². The number of hydrogen-bond donors (Lipinski definition) is 2. The average molecular weight is 401 g/mol. The molecule has 0 atom stereocenters. The van der Waals surface area contributed by atoms with Gasteiger partial charge in [0.1, 0.15) is 11.6 Å². The van der Waals surface area contributed by atoms with Gasteiger partial charge in [0.25, 0.3) is 5.91 Å². The van der Waals surface area contributed by atoms with Crippen molar-refractivity contribution in [3.63, 3.8) is 0 Å². The van der Waals surface area contributed by atoms with Gasteiger partial charge >= 0.3 is 0 Å². The van der Waals surface area contributed by atoms with Crippen LogP contribution in [0.3, 0.4) is 0 Å². The number of nitrogens with one attached hydrogen (secondary N) is 2. The summed E-state index contributed by atoms with van der Waals surface area (Å²) in [5.74, 6) is 0.998. The normalized spacial score (nSPS) is 10.7. The number of aryl methyl sites for hydroxylation is 1. The van der Waals surface area contributed by atoms with Gasteiger partial charge in [-0.25, -0.2) is 9.97 Å². The Morgan fingerprint density at radius 3 is 2.77 bits per heavy atom. The summed E-state index contributed by atoms with van der Waals surface area (Å²) in [6.45, 7) is 1.33. The highest BCUT2D eigenvalue weighted by molar-refractivity contribution is 5.99. The van der Waals surface area contributed by atoms with Crippen LogP contribution in [-0.4, -0.2) is 34.1 Å². The van der Waals surface area contributed by atoms with Crippen LogP contribution < -0.4 is 15.4 Å². The van der Waals surface area contributed by atoms with Gasteiger partial charge in [0.15, 0.2) is 0 Å². The quantitative estimate of drug-likeness (QED) is 0.436. The Hall–Kier alpha value is -3.87. The number of amides is 1. The van der Waals surface area contributed by atoms with Crippen molar-refractivity contribution in [2.24, 2.45) is 0 Å². The number of pyridine rings is 1. The van der Waals surface area contributed by atoms with Gasteiger partial charge in [0.05, 0.1) is 35.7 Å². The molecule has 2 aromatic heterocycles. The van der Waals surface area contributed by atoms with Gasteiger partial charge in [0.2, 0.25) is 0 Å². The average Bonchev–Trinajstić information content (AvgIpc) is 3.20. The molecule has 4 rings (SSSR count). The largest absolute Gasteiger partial charge is 0.495 e. The first-order chi connectivity index (χ1) is 14.8. The second-order valence-electron chi connectivity index (χ2n) is 6.76. The molecule has 30 heavy (non-hydrogen) atoms. The molecule has 7 heteroatoms. The Balaban J connectivity index is 1.38. The van der Waals surface area contributed by atoms with E-state index in [0.717, 1.165) is 29.7 Å². The van der Waals surface area contributed by atoms with Crippen LogP contribution in [0.4, 0.5) is 11.5 Å². The molecular formula is C23H23N5O2. The van der Waals surface area contributed by atoms with Gasteiger partial charge in [-0.3, -0.25) is 4.79 Å². The van der Waals surface area contributed by atoms with Crippen LogP contribution in [0.2, 0.25) is 0 Å². The molecule has 2 N–H and O–H groups in total. The van der Waals surface area contributed by atoms with E-state index in [1.54, 1.807) is 25.4 Å². The van der Waals surface area contributed by atoms with Crippen molar-refractivity contribution >= 4 is 28.4 Å². The first-order valence-corrected chi connectivity index (χ1v) is 9.79. The summed E-state index contributed by atoms with van der Waals surface area (Å²) >= 11 is 0. The molecule has 0 fully saturated rings. The molecule has 0 saturated carbocycles. The number of imidazole rings is 1. The molecule has 0 aliphatic heterocycles. The summed E-state index contributed by atoms with van der Waals surface area (Å²) in [6.07, 6.45) is 4.28. The summed E-state index contributed by atoms with van der Waals surface area (Å²) < 4.78 is 7.46. The molecule has 4 aromatic rings. The zero-order chi connectivity index (χ0) is 20.8. The first kappa shape index (κ1) is 19.4. The zero-order valence-electron chi connectivity index (χ0n) is 16.7. The van der Waals surface area contributed by atoms with Crippen molar-refractivity contribution < 1.29 is 9.53 Å². The maximum atomic E-state index is 12.7. The predicted molar refractivity (Wildman–Crippen MR) is 117 cm³/mol. The maximum Gasteiger partial charge on any atom is 0.255 e. The van der Waals surface area contributed by atoms with E-state index in [1.165, 1.54) is 0 Å². The summed E-state index contributed by atoms with van der Waals surface area (Å²) in [5.41, 5.74) is 3.31. The van der Waals surface area contributed by atoms with Crippen LogP contribution >= 0.6 is 0 Å². The standard InChI is InChI=1S/C23H23N5O2/c1-30-21-12-5-3-10-19(21)27-22-17(8-6-13-24-22)23(29)25-14-7-15-28-16-26-18-9-2-4-11-20(18)28/h2-6,8-13,16H,7,14-15H2,1H3,(H,24,27)(H,25,29). The van der Waals surface area contributed by atoms with Gasteiger partial charge in [-0.15, -0.1) is 0 Å². The van der Waals surface area contributed by atoms with Gasteiger partial charge in [0, 0.05) is 19.3 Å².